The maximum Gasteiger partial charge on any atom is 0.353 e. The van der Waals surface area contributed by atoms with Crippen LogP contribution in [-0.4, -0.2) is 25.2 Å². The van der Waals surface area contributed by atoms with Gasteiger partial charge in [-0.15, -0.1) is 0 Å². The lowest BCUT2D eigenvalue weighted by molar-refractivity contribution is -0.343. The zero-order valence-corrected chi connectivity index (χ0v) is 15.5. The van der Waals surface area contributed by atoms with Crippen LogP contribution < -0.4 is 0 Å². The number of unbranched alkanes of at least 4 members (excludes halogenated alkanes) is 1. The summed E-state index contributed by atoms with van der Waals surface area (Å²) in [6, 6.07) is 3.90. The van der Waals surface area contributed by atoms with Gasteiger partial charge in [0.05, 0.1) is 0 Å². The van der Waals surface area contributed by atoms with Gasteiger partial charge in [-0.2, -0.15) is 4.89 Å². The van der Waals surface area contributed by atoms with Gasteiger partial charge in [0.15, 0.2) is 12.1 Å². The highest BCUT2D eigenvalue weighted by Crippen LogP contribution is 2.24. The number of hydrogen-bond acceptors (Lipinski definition) is 5. The third-order valence-corrected chi connectivity index (χ3v) is 3.97. The Labute approximate surface area is 144 Å². The van der Waals surface area contributed by atoms with Crippen LogP contribution in [0.2, 0.25) is 0 Å². The summed E-state index contributed by atoms with van der Waals surface area (Å²) in [6.07, 6.45) is 1.40. The number of aryl methyl sites for hydroxylation is 3. The molecule has 0 bridgehead atoms. The topological polar surface area (TPSA) is 61.8 Å². The lowest BCUT2D eigenvalue weighted by Gasteiger charge is -2.18. The van der Waals surface area contributed by atoms with Crippen molar-refractivity contribution in [3.05, 3.63) is 34.4 Å². The lowest BCUT2D eigenvalue weighted by atomic mass is 9.87. The second-order valence-electron chi connectivity index (χ2n) is 6.13. The molecule has 24 heavy (non-hydrogen) atoms. The molecule has 0 saturated carbocycles. The van der Waals surface area contributed by atoms with E-state index in [1.807, 2.05) is 39.8 Å². The number of carbonyl (C=O) groups excluding carboxylic acids is 2. The molecule has 0 aliphatic rings. The molecule has 0 fully saturated rings. The minimum atomic E-state index is -0.867. The number of ether oxygens (including phenoxy) is 1. The second kappa shape index (κ2) is 9.55. The van der Waals surface area contributed by atoms with Crippen LogP contribution in [0.1, 0.15) is 60.2 Å². The van der Waals surface area contributed by atoms with E-state index in [0.717, 1.165) is 29.5 Å². The van der Waals surface area contributed by atoms with Crippen molar-refractivity contribution < 1.29 is 24.1 Å². The van der Waals surface area contributed by atoms with Crippen molar-refractivity contribution in [3.8, 4) is 0 Å². The molecule has 0 aliphatic carbocycles. The Morgan fingerprint density at radius 1 is 1.12 bits per heavy atom. The van der Waals surface area contributed by atoms with E-state index in [9.17, 15) is 9.59 Å². The molecule has 0 radical (unpaired) electrons. The average Bonchev–Trinajstić information content (AvgIpc) is 2.51. The van der Waals surface area contributed by atoms with Crippen LogP contribution in [0.15, 0.2) is 12.1 Å². The highest BCUT2D eigenvalue weighted by atomic mass is 17.2. The third kappa shape index (κ3) is 5.42. The van der Waals surface area contributed by atoms with E-state index >= 15 is 0 Å². The van der Waals surface area contributed by atoms with Crippen molar-refractivity contribution in [3.63, 3.8) is 0 Å². The van der Waals surface area contributed by atoms with Gasteiger partial charge in [-0.1, -0.05) is 37.5 Å². The van der Waals surface area contributed by atoms with Crippen LogP contribution in [0.25, 0.3) is 0 Å². The molecule has 0 saturated heterocycles. The first kappa shape index (κ1) is 20.3. The predicted molar refractivity (Wildman–Crippen MR) is 91.6 cm³/mol. The standard InChI is InChI=1S/C19H28O5/c1-7-8-9-16(19(21)24-23-15(5)22-6)18(20)17-13(3)10-12(2)11-14(17)4/h10-11,15-16H,7-9H2,1-6H3. The number of ketones is 1. The normalized spacial score (nSPS) is 13.4. The average molecular weight is 336 g/mol. The first-order valence-corrected chi connectivity index (χ1v) is 8.33. The molecule has 0 heterocycles. The Morgan fingerprint density at radius 2 is 1.71 bits per heavy atom. The Kier molecular flexibility index (Phi) is 8.08. The highest BCUT2D eigenvalue weighted by Gasteiger charge is 2.31. The fourth-order valence-electron chi connectivity index (χ4n) is 2.72. The zero-order chi connectivity index (χ0) is 18.3. The number of rotatable bonds is 9. The Hall–Kier alpha value is -1.72. The van der Waals surface area contributed by atoms with Crippen LogP contribution in [-0.2, 0) is 19.3 Å². The van der Waals surface area contributed by atoms with Gasteiger partial charge in [0.1, 0.15) is 5.92 Å². The molecule has 0 N–H and O–H groups in total. The number of methoxy groups -OCH3 is 1. The van der Waals surface area contributed by atoms with Gasteiger partial charge in [0, 0.05) is 12.7 Å². The second-order valence-corrected chi connectivity index (χ2v) is 6.13. The van der Waals surface area contributed by atoms with Gasteiger partial charge in [0.25, 0.3) is 0 Å². The number of hydrogen-bond donors (Lipinski definition) is 0. The molecule has 5 nitrogen and oxygen atoms in total. The van der Waals surface area contributed by atoms with Gasteiger partial charge in [0.2, 0.25) is 0 Å². The van der Waals surface area contributed by atoms with Crippen molar-refractivity contribution in [2.75, 3.05) is 7.11 Å². The first-order valence-electron chi connectivity index (χ1n) is 8.33. The van der Waals surface area contributed by atoms with Crippen LogP contribution in [0, 0.1) is 26.7 Å². The van der Waals surface area contributed by atoms with Crippen LogP contribution >= 0.6 is 0 Å². The fraction of sp³-hybridized carbons (Fsp3) is 0.579. The predicted octanol–water partition coefficient (Wildman–Crippen LogP) is 4.07. The van der Waals surface area contributed by atoms with Gasteiger partial charge in [-0.05, 0) is 45.2 Å². The van der Waals surface area contributed by atoms with E-state index in [0.29, 0.717) is 12.0 Å². The van der Waals surface area contributed by atoms with Crippen LogP contribution in [0.4, 0.5) is 0 Å². The summed E-state index contributed by atoms with van der Waals surface area (Å²) in [6.45, 7) is 9.37. The first-order chi connectivity index (χ1) is 11.3. The molecule has 5 heteroatoms. The van der Waals surface area contributed by atoms with E-state index in [1.165, 1.54) is 7.11 Å². The Balaban J connectivity index is 3.03. The van der Waals surface area contributed by atoms with Gasteiger partial charge in [-0.25, -0.2) is 4.79 Å². The van der Waals surface area contributed by atoms with Gasteiger partial charge >= 0.3 is 5.97 Å². The maximum atomic E-state index is 13.0. The SMILES string of the molecule is CCCCC(C(=O)OOC(C)OC)C(=O)c1c(C)cc(C)cc1C. The summed E-state index contributed by atoms with van der Waals surface area (Å²) < 4.78 is 4.87. The van der Waals surface area contributed by atoms with E-state index in [4.69, 9.17) is 14.5 Å². The summed E-state index contributed by atoms with van der Waals surface area (Å²) in [5, 5.41) is 0. The van der Waals surface area contributed by atoms with Gasteiger partial charge < -0.3 is 4.74 Å². The molecule has 1 aromatic rings. The number of benzene rings is 1. The molecular formula is C19H28O5. The number of Topliss-reactive ketones (excluding diaryl/α,β-unsaturated/α-hetero) is 1. The molecule has 134 valence electrons. The minimum Gasteiger partial charge on any atom is -0.352 e. The van der Waals surface area contributed by atoms with E-state index < -0.39 is 18.2 Å². The molecule has 0 amide bonds. The van der Waals surface area contributed by atoms with Gasteiger partial charge in [-0.3, -0.25) is 9.68 Å². The molecule has 1 rings (SSSR count). The third-order valence-electron chi connectivity index (χ3n) is 3.97. The van der Waals surface area contributed by atoms with Crippen molar-refractivity contribution in [2.24, 2.45) is 5.92 Å². The zero-order valence-electron chi connectivity index (χ0n) is 15.5. The van der Waals surface area contributed by atoms with Crippen molar-refractivity contribution in [2.45, 2.75) is 60.2 Å². The molecule has 0 aromatic heterocycles. The maximum absolute atomic E-state index is 13.0. The summed E-state index contributed by atoms with van der Waals surface area (Å²) >= 11 is 0. The summed E-state index contributed by atoms with van der Waals surface area (Å²) in [7, 11) is 1.44. The van der Waals surface area contributed by atoms with Crippen molar-refractivity contribution in [1.82, 2.24) is 0 Å². The summed E-state index contributed by atoms with van der Waals surface area (Å²) in [4.78, 5) is 35.0. The fourth-order valence-corrected chi connectivity index (χ4v) is 2.72. The lowest BCUT2D eigenvalue weighted by Crippen LogP contribution is -2.29. The molecule has 2 atom stereocenters. The van der Waals surface area contributed by atoms with E-state index in [1.54, 1.807) is 6.92 Å². The Morgan fingerprint density at radius 3 is 2.21 bits per heavy atom. The van der Waals surface area contributed by atoms with Crippen molar-refractivity contribution >= 4 is 11.8 Å². The van der Waals surface area contributed by atoms with E-state index in [-0.39, 0.29) is 5.78 Å². The van der Waals surface area contributed by atoms with Crippen molar-refractivity contribution in [1.29, 1.82) is 0 Å². The largest absolute Gasteiger partial charge is 0.353 e. The summed E-state index contributed by atoms with van der Waals surface area (Å²) in [5.41, 5.74) is 3.43. The van der Waals surface area contributed by atoms with E-state index in [2.05, 4.69) is 0 Å². The molecule has 0 aliphatic heterocycles. The molecular weight excluding hydrogens is 308 g/mol. The molecule has 2 unspecified atom stereocenters. The number of carbonyl (C=O) groups is 2. The molecule has 1 aromatic carbocycles. The summed E-state index contributed by atoms with van der Waals surface area (Å²) in [5.74, 6) is -1.75. The molecule has 0 spiro atoms. The van der Waals surface area contributed by atoms with Crippen LogP contribution in [0.5, 0.6) is 0 Å². The Bertz CT molecular complexity index is 556. The van der Waals surface area contributed by atoms with Crippen LogP contribution in [0.3, 0.4) is 0 Å². The smallest absolute Gasteiger partial charge is 0.352 e. The monoisotopic (exact) mass is 336 g/mol. The quantitative estimate of drug-likeness (QED) is 0.224. The minimum absolute atomic E-state index is 0.211. The highest BCUT2D eigenvalue weighted by molar-refractivity contribution is 6.10.